The number of aryl methyl sites for hydroxylation is 2. The number of hydrogen-bond acceptors (Lipinski definition) is 2. The molecule has 0 spiro atoms. The molecule has 0 aromatic carbocycles. The van der Waals surface area contributed by atoms with E-state index >= 15 is 0 Å². The first-order valence-electron chi connectivity index (χ1n) is 5.98. The van der Waals surface area contributed by atoms with Crippen LogP contribution in [0.15, 0.2) is 0 Å². The third-order valence-corrected chi connectivity index (χ3v) is 3.04. The van der Waals surface area contributed by atoms with Crippen molar-refractivity contribution in [3.05, 3.63) is 16.4 Å². The lowest BCUT2D eigenvalue weighted by atomic mass is 10.2. The van der Waals surface area contributed by atoms with Crippen molar-refractivity contribution in [2.75, 3.05) is 13.1 Å². The van der Waals surface area contributed by atoms with Crippen molar-refractivity contribution in [1.82, 2.24) is 15.1 Å². The number of rotatable bonds is 6. The second-order valence-electron chi connectivity index (χ2n) is 4.51. The fourth-order valence-electron chi connectivity index (χ4n) is 1.71. The van der Waals surface area contributed by atoms with Gasteiger partial charge in [0.05, 0.1) is 16.4 Å². The highest BCUT2D eigenvalue weighted by Crippen LogP contribution is 2.20. The fraction of sp³-hybridized carbons (Fsp3) is 0.750. The minimum atomic E-state index is 0.688. The Balaban J connectivity index is 2.52. The second-order valence-corrected chi connectivity index (χ2v) is 4.89. The molecule has 0 atom stereocenters. The molecule has 0 aliphatic rings. The zero-order valence-electron chi connectivity index (χ0n) is 10.7. The van der Waals surface area contributed by atoms with Gasteiger partial charge in [0.25, 0.3) is 0 Å². The maximum Gasteiger partial charge on any atom is 0.0847 e. The maximum atomic E-state index is 6.22. The van der Waals surface area contributed by atoms with Crippen molar-refractivity contribution in [1.29, 1.82) is 0 Å². The van der Waals surface area contributed by atoms with E-state index < -0.39 is 0 Å². The molecule has 0 aliphatic heterocycles. The Bertz CT molecular complexity index is 331. The monoisotopic (exact) mass is 243 g/mol. The van der Waals surface area contributed by atoms with Gasteiger partial charge >= 0.3 is 0 Å². The second kappa shape index (κ2) is 6.26. The molecular formula is C12H22ClN3. The van der Waals surface area contributed by atoms with Gasteiger partial charge in [0.2, 0.25) is 0 Å². The molecule has 1 heterocycles. The lowest BCUT2D eigenvalue weighted by Crippen LogP contribution is -2.23. The Labute approximate surface area is 103 Å². The summed E-state index contributed by atoms with van der Waals surface area (Å²) in [5.41, 5.74) is 2.08. The molecule has 0 amide bonds. The standard InChI is InChI=1S/C12H22ClN3/c1-5-16-11(12(13)10(4)15-16)6-7-14-8-9(2)3/h9,14H,5-8H2,1-4H3. The average molecular weight is 244 g/mol. The SMILES string of the molecule is CCn1nc(C)c(Cl)c1CCNCC(C)C. The Morgan fingerprint density at radius 3 is 2.69 bits per heavy atom. The minimum Gasteiger partial charge on any atom is -0.316 e. The van der Waals surface area contributed by atoms with Gasteiger partial charge in [-0.15, -0.1) is 0 Å². The summed E-state index contributed by atoms with van der Waals surface area (Å²) in [6.45, 7) is 11.4. The number of hydrogen-bond donors (Lipinski definition) is 1. The van der Waals surface area contributed by atoms with Crippen molar-refractivity contribution in [3.8, 4) is 0 Å². The van der Waals surface area contributed by atoms with E-state index in [0.717, 1.165) is 42.5 Å². The number of nitrogens with one attached hydrogen (secondary N) is 1. The summed E-state index contributed by atoms with van der Waals surface area (Å²) < 4.78 is 1.99. The molecule has 16 heavy (non-hydrogen) atoms. The summed E-state index contributed by atoms with van der Waals surface area (Å²) in [7, 11) is 0. The molecule has 92 valence electrons. The van der Waals surface area contributed by atoms with Gasteiger partial charge in [0, 0.05) is 19.5 Å². The Kier molecular flexibility index (Phi) is 5.29. The third-order valence-electron chi connectivity index (χ3n) is 2.54. The molecule has 1 N–H and O–H groups in total. The smallest absolute Gasteiger partial charge is 0.0847 e. The molecule has 0 aliphatic carbocycles. The van der Waals surface area contributed by atoms with E-state index in [1.165, 1.54) is 0 Å². The summed E-state index contributed by atoms with van der Waals surface area (Å²) in [6.07, 6.45) is 0.945. The molecular weight excluding hydrogens is 222 g/mol. The minimum absolute atomic E-state index is 0.688. The highest BCUT2D eigenvalue weighted by atomic mass is 35.5. The van der Waals surface area contributed by atoms with Crippen LogP contribution in [-0.2, 0) is 13.0 Å². The van der Waals surface area contributed by atoms with Crippen LogP contribution in [0.4, 0.5) is 0 Å². The van der Waals surface area contributed by atoms with Crippen LogP contribution in [-0.4, -0.2) is 22.9 Å². The van der Waals surface area contributed by atoms with Crippen LogP contribution in [0.5, 0.6) is 0 Å². The highest BCUT2D eigenvalue weighted by Gasteiger charge is 2.11. The zero-order chi connectivity index (χ0) is 12.1. The molecule has 3 nitrogen and oxygen atoms in total. The fourth-order valence-corrected chi connectivity index (χ4v) is 1.94. The van der Waals surface area contributed by atoms with Gasteiger partial charge in [-0.2, -0.15) is 5.10 Å². The maximum absolute atomic E-state index is 6.22. The van der Waals surface area contributed by atoms with Crippen molar-refractivity contribution in [3.63, 3.8) is 0 Å². The Hall–Kier alpha value is -0.540. The van der Waals surface area contributed by atoms with Gasteiger partial charge in [0.1, 0.15) is 0 Å². The van der Waals surface area contributed by atoms with Crippen molar-refractivity contribution in [2.24, 2.45) is 5.92 Å². The summed E-state index contributed by atoms with van der Waals surface area (Å²) in [5.74, 6) is 0.688. The average Bonchev–Trinajstić information content (AvgIpc) is 2.50. The first kappa shape index (κ1) is 13.5. The van der Waals surface area contributed by atoms with Gasteiger partial charge < -0.3 is 5.32 Å². The van der Waals surface area contributed by atoms with E-state index in [4.69, 9.17) is 11.6 Å². The van der Waals surface area contributed by atoms with Gasteiger partial charge in [-0.25, -0.2) is 0 Å². The van der Waals surface area contributed by atoms with Gasteiger partial charge in [-0.1, -0.05) is 25.4 Å². The molecule has 0 saturated heterocycles. The molecule has 4 heteroatoms. The van der Waals surface area contributed by atoms with Crippen molar-refractivity contribution >= 4 is 11.6 Å². The summed E-state index contributed by atoms with van der Waals surface area (Å²) in [6, 6.07) is 0. The Morgan fingerprint density at radius 1 is 1.44 bits per heavy atom. The molecule has 0 radical (unpaired) electrons. The molecule has 0 saturated carbocycles. The summed E-state index contributed by atoms with van der Waals surface area (Å²) in [4.78, 5) is 0. The largest absolute Gasteiger partial charge is 0.316 e. The van der Waals surface area contributed by atoms with Crippen molar-refractivity contribution < 1.29 is 0 Å². The van der Waals surface area contributed by atoms with Gasteiger partial charge in [0.15, 0.2) is 0 Å². The number of aromatic nitrogens is 2. The zero-order valence-corrected chi connectivity index (χ0v) is 11.4. The van der Waals surface area contributed by atoms with E-state index in [1.54, 1.807) is 0 Å². The molecule has 1 rings (SSSR count). The summed E-state index contributed by atoms with van der Waals surface area (Å²) in [5, 5.41) is 8.65. The lowest BCUT2D eigenvalue weighted by molar-refractivity contribution is 0.540. The van der Waals surface area contributed by atoms with Crippen LogP contribution in [0, 0.1) is 12.8 Å². The number of halogens is 1. The first-order chi connectivity index (χ1) is 7.56. The quantitative estimate of drug-likeness (QED) is 0.779. The molecule has 0 bridgehead atoms. The number of nitrogens with zero attached hydrogens (tertiary/aromatic N) is 2. The Morgan fingerprint density at radius 2 is 2.12 bits per heavy atom. The van der Waals surface area contributed by atoms with E-state index in [9.17, 15) is 0 Å². The van der Waals surface area contributed by atoms with Crippen LogP contribution in [0.1, 0.15) is 32.2 Å². The molecule has 0 fully saturated rings. The van der Waals surface area contributed by atoms with E-state index in [2.05, 4.69) is 31.2 Å². The predicted molar refractivity (Wildman–Crippen MR) is 69.1 cm³/mol. The predicted octanol–water partition coefficient (Wildman–Crippen LogP) is 2.65. The first-order valence-corrected chi connectivity index (χ1v) is 6.36. The summed E-state index contributed by atoms with van der Waals surface area (Å²) >= 11 is 6.22. The van der Waals surface area contributed by atoms with Crippen LogP contribution < -0.4 is 5.32 Å². The van der Waals surface area contributed by atoms with Crippen molar-refractivity contribution in [2.45, 2.75) is 40.7 Å². The van der Waals surface area contributed by atoms with Crippen LogP contribution in [0.25, 0.3) is 0 Å². The van der Waals surface area contributed by atoms with Crippen LogP contribution in [0.2, 0.25) is 5.02 Å². The van der Waals surface area contributed by atoms with Gasteiger partial charge in [-0.3, -0.25) is 4.68 Å². The van der Waals surface area contributed by atoms with Crippen LogP contribution >= 0.6 is 11.6 Å². The van der Waals surface area contributed by atoms with E-state index in [0.29, 0.717) is 5.92 Å². The van der Waals surface area contributed by atoms with E-state index in [1.807, 2.05) is 11.6 Å². The normalized spacial score (nSPS) is 11.4. The molecule has 1 aromatic rings. The lowest BCUT2D eigenvalue weighted by Gasteiger charge is -2.08. The highest BCUT2D eigenvalue weighted by molar-refractivity contribution is 6.31. The molecule has 1 aromatic heterocycles. The van der Waals surface area contributed by atoms with Gasteiger partial charge in [-0.05, 0) is 26.3 Å². The van der Waals surface area contributed by atoms with Crippen LogP contribution in [0.3, 0.4) is 0 Å². The van der Waals surface area contributed by atoms with E-state index in [-0.39, 0.29) is 0 Å². The molecule has 0 unspecified atom stereocenters. The third kappa shape index (κ3) is 3.49. The topological polar surface area (TPSA) is 29.9 Å².